The van der Waals surface area contributed by atoms with Crippen molar-refractivity contribution in [3.05, 3.63) is 59.9 Å². The quantitative estimate of drug-likeness (QED) is 0.731. The van der Waals surface area contributed by atoms with Gasteiger partial charge >= 0.3 is 0 Å². The Bertz CT molecular complexity index is 961. The van der Waals surface area contributed by atoms with E-state index in [2.05, 4.69) is 15.4 Å². The minimum absolute atomic E-state index is 0. The molecule has 1 atom stereocenters. The lowest BCUT2D eigenvalue weighted by Crippen LogP contribution is -2.17. The molecule has 1 aliphatic heterocycles. The zero-order chi connectivity index (χ0) is 18.8. The van der Waals surface area contributed by atoms with Crippen molar-refractivity contribution in [1.82, 2.24) is 14.8 Å². The maximum atomic E-state index is 14.8. The molecule has 6 nitrogen and oxygen atoms in total. The molecule has 3 aromatic rings. The number of aromatic nitrogens is 3. The Kier molecular flexibility index (Phi) is 4.72. The Labute approximate surface area is 156 Å². The smallest absolute Gasteiger partial charge is 0.247 e. The molecule has 142 valence electrons. The van der Waals surface area contributed by atoms with Crippen LogP contribution < -0.4 is 10.1 Å². The van der Waals surface area contributed by atoms with Gasteiger partial charge in [-0.3, -0.25) is 0 Å². The first kappa shape index (κ1) is 17.4. The highest BCUT2D eigenvalue weighted by atomic mass is 19.1. The largest absolute Gasteiger partial charge is 0.485 e. The van der Waals surface area contributed by atoms with Crippen molar-refractivity contribution in [2.24, 2.45) is 0 Å². The summed E-state index contributed by atoms with van der Waals surface area (Å²) in [7, 11) is 0. The van der Waals surface area contributed by atoms with E-state index in [1.807, 2.05) is 6.92 Å². The molecule has 0 saturated carbocycles. The Morgan fingerprint density at radius 3 is 2.96 bits per heavy atom. The normalized spacial score (nSPS) is 16.5. The summed E-state index contributed by atoms with van der Waals surface area (Å²) in [4.78, 5) is 4.11. The molecule has 1 unspecified atom stereocenters. The highest BCUT2D eigenvalue weighted by molar-refractivity contribution is 5.59. The molecule has 0 radical (unpaired) electrons. The topological polar surface area (TPSA) is 61.2 Å². The van der Waals surface area contributed by atoms with Gasteiger partial charge in [-0.2, -0.15) is 4.98 Å². The van der Waals surface area contributed by atoms with Crippen LogP contribution in [0.15, 0.2) is 42.7 Å². The molecule has 0 amide bonds. The van der Waals surface area contributed by atoms with Crippen LogP contribution in [0.3, 0.4) is 0 Å². The third-order valence-corrected chi connectivity index (χ3v) is 4.18. The van der Waals surface area contributed by atoms with Crippen LogP contribution in [0, 0.1) is 18.6 Å². The predicted molar refractivity (Wildman–Crippen MR) is 97.7 cm³/mol. The molecule has 0 spiro atoms. The Morgan fingerprint density at radius 2 is 2.19 bits per heavy atom. The Morgan fingerprint density at radius 1 is 1.30 bits per heavy atom. The lowest BCUT2D eigenvalue weighted by molar-refractivity contribution is 0.138. The van der Waals surface area contributed by atoms with Crippen molar-refractivity contribution < 1.29 is 19.7 Å². The molecule has 0 aliphatic carbocycles. The van der Waals surface area contributed by atoms with Crippen LogP contribution in [0.25, 0.3) is 5.69 Å². The van der Waals surface area contributed by atoms with E-state index in [0.29, 0.717) is 18.9 Å². The number of halogens is 2. The third-order valence-electron chi connectivity index (χ3n) is 4.18. The summed E-state index contributed by atoms with van der Waals surface area (Å²) in [5.74, 6) is -0.536. The van der Waals surface area contributed by atoms with Crippen LogP contribution in [0.1, 0.15) is 13.4 Å². The van der Waals surface area contributed by atoms with Gasteiger partial charge in [-0.15, -0.1) is 5.10 Å². The van der Waals surface area contributed by atoms with Crippen LogP contribution in [-0.4, -0.2) is 34.1 Å². The van der Waals surface area contributed by atoms with E-state index in [1.54, 1.807) is 24.3 Å². The number of nitrogens with zero attached hydrogens (tertiary/aromatic N) is 3. The van der Waals surface area contributed by atoms with Gasteiger partial charge in [0.15, 0.2) is 11.6 Å². The lowest BCUT2D eigenvalue weighted by atomic mass is 10.2. The van der Waals surface area contributed by atoms with Crippen molar-refractivity contribution in [3.8, 4) is 11.4 Å². The molecule has 1 aliphatic rings. The third kappa shape index (κ3) is 3.90. The van der Waals surface area contributed by atoms with Crippen LogP contribution in [-0.2, 0) is 4.74 Å². The van der Waals surface area contributed by atoms with Gasteiger partial charge in [-0.05, 0) is 42.8 Å². The molecule has 1 aromatic heterocycles. The predicted octanol–water partition coefficient (Wildman–Crippen LogP) is 4.01. The number of hydrogen-bond donors (Lipinski definition) is 1. The number of nitrogens with one attached hydrogen (secondary N) is 1. The second kappa shape index (κ2) is 7.32. The van der Waals surface area contributed by atoms with E-state index < -0.39 is 5.82 Å². The van der Waals surface area contributed by atoms with Gasteiger partial charge in [-0.1, -0.05) is 6.07 Å². The highest BCUT2D eigenvalue weighted by Gasteiger charge is 2.21. The van der Waals surface area contributed by atoms with Crippen LogP contribution >= 0.6 is 0 Å². The fourth-order valence-corrected chi connectivity index (χ4v) is 2.88. The van der Waals surface area contributed by atoms with Crippen molar-refractivity contribution in [1.29, 1.82) is 0 Å². The number of benzene rings is 2. The molecular formula is C19H20F2N4O2. The van der Waals surface area contributed by atoms with E-state index in [4.69, 9.17) is 9.47 Å². The standard InChI is InChI=1S/C19H18F2N4O2.H2/c1-12-7-16(18(21)17(8-12)27-15-5-6-26-10-15)23-19-22-11-25(24-19)14-4-2-3-13(20)9-14;/h2-4,7-9,11,15H,5-6,10H2,1H3,(H,23,24);1H. The molecule has 8 heteroatoms. The number of hydrogen-bond acceptors (Lipinski definition) is 5. The van der Waals surface area contributed by atoms with Crippen LogP contribution in [0.2, 0.25) is 0 Å². The molecule has 0 bridgehead atoms. The first-order chi connectivity index (χ1) is 13.1. The zero-order valence-corrected chi connectivity index (χ0v) is 14.7. The SMILES string of the molecule is Cc1cc(Nc2ncn(-c3cccc(F)c3)n2)c(F)c(OC2CCOC2)c1.[HH]. The van der Waals surface area contributed by atoms with Gasteiger partial charge in [-0.25, -0.2) is 13.5 Å². The van der Waals surface area contributed by atoms with Gasteiger partial charge < -0.3 is 14.8 Å². The van der Waals surface area contributed by atoms with Crippen molar-refractivity contribution in [2.75, 3.05) is 18.5 Å². The van der Waals surface area contributed by atoms with Gasteiger partial charge in [0.2, 0.25) is 5.95 Å². The van der Waals surface area contributed by atoms with Crippen molar-refractivity contribution in [2.45, 2.75) is 19.4 Å². The fourth-order valence-electron chi connectivity index (χ4n) is 2.88. The maximum Gasteiger partial charge on any atom is 0.247 e. The average molecular weight is 374 g/mol. The summed E-state index contributed by atoms with van der Waals surface area (Å²) in [6, 6.07) is 9.26. The van der Waals surface area contributed by atoms with E-state index in [1.165, 1.54) is 23.1 Å². The minimum Gasteiger partial charge on any atom is -0.485 e. The van der Waals surface area contributed by atoms with Gasteiger partial charge in [0.1, 0.15) is 18.2 Å². The molecule has 1 saturated heterocycles. The number of rotatable bonds is 5. The number of aryl methyl sites for hydroxylation is 1. The Balaban J connectivity index is 0.00000225. The molecule has 2 heterocycles. The fraction of sp³-hybridized carbons (Fsp3) is 0.263. The van der Waals surface area contributed by atoms with E-state index in [9.17, 15) is 8.78 Å². The second-order valence-corrected chi connectivity index (χ2v) is 6.35. The Hall–Kier alpha value is -3.00. The first-order valence-corrected chi connectivity index (χ1v) is 8.57. The minimum atomic E-state index is -0.519. The molecular weight excluding hydrogens is 354 g/mol. The molecule has 2 aromatic carbocycles. The number of ether oxygens (including phenoxy) is 2. The summed E-state index contributed by atoms with van der Waals surface area (Å²) in [5.41, 5.74) is 1.56. The van der Waals surface area contributed by atoms with Crippen molar-refractivity contribution >= 4 is 11.6 Å². The summed E-state index contributed by atoms with van der Waals surface area (Å²) in [5, 5.41) is 7.08. The van der Waals surface area contributed by atoms with Crippen LogP contribution in [0.4, 0.5) is 20.4 Å². The van der Waals surface area contributed by atoms with E-state index in [0.717, 1.165) is 12.0 Å². The lowest BCUT2D eigenvalue weighted by Gasteiger charge is -2.15. The van der Waals surface area contributed by atoms with E-state index >= 15 is 0 Å². The highest BCUT2D eigenvalue weighted by Crippen LogP contribution is 2.30. The van der Waals surface area contributed by atoms with Crippen LogP contribution in [0.5, 0.6) is 5.75 Å². The molecule has 27 heavy (non-hydrogen) atoms. The number of anilines is 2. The van der Waals surface area contributed by atoms with Gasteiger partial charge in [0.25, 0.3) is 0 Å². The monoisotopic (exact) mass is 374 g/mol. The summed E-state index contributed by atoms with van der Waals surface area (Å²) in [6.45, 7) is 2.92. The molecule has 1 N–H and O–H groups in total. The molecule has 4 rings (SSSR count). The summed E-state index contributed by atoms with van der Waals surface area (Å²) >= 11 is 0. The zero-order valence-electron chi connectivity index (χ0n) is 14.7. The summed E-state index contributed by atoms with van der Waals surface area (Å²) < 4.78 is 40.6. The molecule has 1 fully saturated rings. The summed E-state index contributed by atoms with van der Waals surface area (Å²) in [6.07, 6.45) is 2.01. The van der Waals surface area contributed by atoms with Gasteiger partial charge in [0, 0.05) is 7.85 Å². The second-order valence-electron chi connectivity index (χ2n) is 6.35. The first-order valence-electron chi connectivity index (χ1n) is 8.57. The van der Waals surface area contributed by atoms with Gasteiger partial charge in [0.05, 0.1) is 24.6 Å². The average Bonchev–Trinajstić information content (AvgIpc) is 3.31. The van der Waals surface area contributed by atoms with Crippen molar-refractivity contribution in [3.63, 3.8) is 0 Å². The maximum absolute atomic E-state index is 14.8. The van der Waals surface area contributed by atoms with E-state index in [-0.39, 0.29) is 30.7 Å².